The first-order valence-electron chi connectivity index (χ1n) is 7.25. The van der Waals surface area contributed by atoms with Crippen molar-refractivity contribution in [1.82, 2.24) is 0 Å². The van der Waals surface area contributed by atoms with E-state index < -0.39 is 0 Å². The number of guanidine groups is 1. The summed E-state index contributed by atoms with van der Waals surface area (Å²) in [6.45, 7) is 5.08. The first-order chi connectivity index (χ1) is 9.52. The zero-order chi connectivity index (χ0) is 14.6. The van der Waals surface area contributed by atoms with Crippen LogP contribution < -0.4 is 11.1 Å². The summed E-state index contributed by atoms with van der Waals surface area (Å²) in [6, 6.07) is 6.43. The predicted molar refractivity (Wildman–Crippen MR) is 106 cm³/mol. The number of benzene rings is 1. The fourth-order valence-corrected chi connectivity index (χ4v) is 2.61. The summed E-state index contributed by atoms with van der Waals surface area (Å²) in [6.07, 6.45) is 6.99. The van der Waals surface area contributed by atoms with Crippen LogP contribution in [0.1, 0.15) is 37.8 Å². The van der Waals surface area contributed by atoms with Gasteiger partial charge in [0.25, 0.3) is 0 Å². The number of hydrogen-bond donors (Lipinski definition) is 2. The zero-order valence-electron chi connectivity index (χ0n) is 13.1. The molecule has 0 saturated heterocycles. The first kappa shape index (κ1) is 18.6. The highest BCUT2D eigenvalue weighted by atomic mass is 127. The largest absolute Gasteiger partial charge is 0.370 e. The maximum Gasteiger partial charge on any atom is 0.193 e. The minimum atomic E-state index is 0. The number of thioether (sulfide) groups is 1. The second-order valence-electron chi connectivity index (χ2n) is 5.94. The lowest BCUT2D eigenvalue weighted by molar-refractivity contribution is 0.687. The van der Waals surface area contributed by atoms with Crippen LogP contribution in [0.3, 0.4) is 0 Å². The minimum absolute atomic E-state index is 0. The van der Waals surface area contributed by atoms with E-state index in [9.17, 15) is 0 Å². The number of rotatable bonds is 4. The maximum absolute atomic E-state index is 6.03. The van der Waals surface area contributed by atoms with Crippen molar-refractivity contribution < 1.29 is 0 Å². The molecule has 0 spiro atoms. The molecule has 0 heterocycles. The third-order valence-corrected chi connectivity index (χ3v) is 5.08. The molecule has 0 radical (unpaired) electrons. The Labute approximate surface area is 149 Å². The SMILES string of the molecule is CSC(C)(C)CN=C(N)Nc1cccc2c1CCCC2.I. The fourth-order valence-electron chi connectivity index (χ4n) is 2.42. The van der Waals surface area contributed by atoms with Gasteiger partial charge in [-0.25, -0.2) is 0 Å². The third kappa shape index (κ3) is 5.36. The van der Waals surface area contributed by atoms with E-state index in [0.717, 1.165) is 18.7 Å². The Balaban J connectivity index is 0.00000220. The molecule has 3 N–H and O–H groups in total. The van der Waals surface area contributed by atoms with E-state index in [1.807, 2.05) is 11.8 Å². The molecular formula is C16H26IN3S. The number of aryl methyl sites for hydroxylation is 1. The van der Waals surface area contributed by atoms with Crippen LogP contribution in [0.5, 0.6) is 0 Å². The third-order valence-electron chi connectivity index (χ3n) is 3.84. The molecule has 1 aromatic carbocycles. The molecule has 0 fully saturated rings. The summed E-state index contributed by atoms with van der Waals surface area (Å²) in [4.78, 5) is 4.47. The van der Waals surface area contributed by atoms with Crippen LogP contribution in [0.15, 0.2) is 23.2 Å². The Kier molecular flexibility index (Phi) is 7.33. The van der Waals surface area contributed by atoms with Gasteiger partial charge in [0.05, 0.1) is 6.54 Å². The number of halogens is 1. The molecule has 21 heavy (non-hydrogen) atoms. The highest BCUT2D eigenvalue weighted by Gasteiger charge is 2.16. The van der Waals surface area contributed by atoms with E-state index in [4.69, 9.17) is 5.73 Å². The highest BCUT2D eigenvalue weighted by molar-refractivity contribution is 14.0. The van der Waals surface area contributed by atoms with Crippen molar-refractivity contribution in [2.24, 2.45) is 10.7 Å². The second kappa shape index (κ2) is 8.27. The number of hydrogen-bond acceptors (Lipinski definition) is 2. The summed E-state index contributed by atoms with van der Waals surface area (Å²) in [5.74, 6) is 0.520. The van der Waals surface area contributed by atoms with Crippen LogP contribution in [0.25, 0.3) is 0 Å². The maximum atomic E-state index is 6.03. The van der Waals surface area contributed by atoms with Gasteiger partial charge in [0.1, 0.15) is 0 Å². The Morgan fingerprint density at radius 3 is 2.76 bits per heavy atom. The lowest BCUT2D eigenvalue weighted by Gasteiger charge is -2.21. The molecule has 3 nitrogen and oxygen atoms in total. The van der Waals surface area contributed by atoms with E-state index >= 15 is 0 Å². The Hall–Kier alpha value is -0.430. The quantitative estimate of drug-likeness (QED) is 0.440. The van der Waals surface area contributed by atoms with Crippen molar-refractivity contribution in [3.05, 3.63) is 29.3 Å². The van der Waals surface area contributed by atoms with Crippen molar-refractivity contribution in [2.45, 2.75) is 44.3 Å². The molecule has 0 amide bonds. The summed E-state index contributed by atoms with van der Waals surface area (Å²) >= 11 is 1.81. The van der Waals surface area contributed by atoms with E-state index in [1.54, 1.807) is 0 Å². The number of fused-ring (bicyclic) bond motifs is 1. The zero-order valence-corrected chi connectivity index (χ0v) is 16.3. The highest BCUT2D eigenvalue weighted by Crippen LogP contribution is 2.27. The van der Waals surface area contributed by atoms with E-state index in [2.05, 4.69) is 48.6 Å². The van der Waals surface area contributed by atoms with Crippen LogP contribution >= 0.6 is 35.7 Å². The molecule has 0 aliphatic heterocycles. The summed E-state index contributed by atoms with van der Waals surface area (Å²) in [5, 5.41) is 3.29. The van der Waals surface area contributed by atoms with Crippen LogP contribution in [0.4, 0.5) is 5.69 Å². The van der Waals surface area contributed by atoms with E-state index in [0.29, 0.717) is 5.96 Å². The van der Waals surface area contributed by atoms with Crippen LogP contribution in [-0.2, 0) is 12.8 Å². The Bertz CT molecular complexity index is 500. The van der Waals surface area contributed by atoms with Gasteiger partial charge < -0.3 is 11.1 Å². The standard InChI is InChI=1S/C16H25N3S.HI/c1-16(2,20-3)11-18-15(17)19-14-10-6-8-12-7-4-5-9-13(12)14;/h6,8,10H,4-5,7,9,11H2,1-3H3,(H3,17,18,19);1H. The van der Waals surface area contributed by atoms with Gasteiger partial charge in [0.15, 0.2) is 5.96 Å². The molecule has 2 rings (SSSR count). The summed E-state index contributed by atoms with van der Waals surface area (Å²) < 4.78 is 0.127. The number of nitrogens with two attached hydrogens (primary N) is 1. The van der Waals surface area contributed by atoms with Crippen molar-refractivity contribution >= 4 is 47.4 Å². The molecule has 1 aliphatic carbocycles. The average Bonchev–Trinajstić information content (AvgIpc) is 2.46. The topological polar surface area (TPSA) is 50.4 Å². The molecule has 0 saturated carbocycles. The van der Waals surface area contributed by atoms with Crippen LogP contribution in [-0.4, -0.2) is 23.5 Å². The second-order valence-corrected chi connectivity index (χ2v) is 7.45. The number of anilines is 1. The average molecular weight is 419 g/mol. The van der Waals surface area contributed by atoms with Gasteiger partial charge in [-0.2, -0.15) is 11.8 Å². The lowest BCUT2D eigenvalue weighted by Crippen LogP contribution is -2.27. The van der Waals surface area contributed by atoms with Crippen molar-refractivity contribution in [3.8, 4) is 0 Å². The Morgan fingerprint density at radius 1 is 1.33 bits per heavy atom. The molecule has 118 valence electrons. The minimum Gasteiger partial charge on any atom is -0.370 e. The van der Waals surface area contributed by atoms with Gasteiger partial charge in [-0.15, -0.1) is 24.0 Å². The van der Waals surface area contributed by atoms with Crippen molar-refractivity contribution in [3.63, 3.8) is 0 Å². The Morgan fingerprint density at radius 2 is 2.05 bits per heavy atom. The molecule has 0 bridgehead atoms. The summed E-state index contributed by atoms with van der Waals surface area (Å²) in [5.41, 5.74) is 10.0. The van der Waals surface area contributed by atoms with Crippen molar-refractivity contribution in [2.75, 3.05) is 18.1 Å². The molecule has 0 aromatic heterocycles. The predicted octanol–water partition coefficient (Wildman–Crippen LogP) is 4.05. The number of aliphatic imine (C=N–C) groups is 1. The smallest absolute Gasteiger partial charge is 0.193 e. The van der Waals surface area contributed by atoms with Crippen LogP contribution in [0, 0.1) is 0 Å². The van der Waals surface area contributed by atoms with Gasteiger partial charge in [0.2, 0.25) is 0 Å². The molecule has 1 aromatic rings. The van der Waals surface area contributed by atoms with Crippen molar-refractivity contribution in [1.29, 1.82) is 0 Å². The van der Waals surface area contributed by atoms with E-state index in [-0.39, 0.29) is 28.7 Å². The monoisotopic (exact) mass is 419 g/mol. The van der Waals surface area contributed by atoms with Gasteiger partial charge >= 0.3 is 0 Å². The van der Waals surface area contributed by atoms with Gasteiger partial charge in [-0.3, -0.25) is 4.99 Å². The van der Waals surface area contributed by atoms with Gasteiger partial charge in [-0.1, -0.05) is 12.1 Å². The first-order valence-corrected chi connectivity index (χ1v) is 8.47. The van der Waals surface area contributed by atoms with Crippen LogP contribution in [0.2, 0.25) is 0 Å². The molecule has 5 heteroatoms. The van der Waals surface area contributed by atoms with Gasteiger partial charge in [0, 0.05) is 10.4 Å². The molecular weight excluding hydrogens is 393 g/mol. The number of nitrogens with zero attached hydrogens (tertiary/aromatic N) is 1. The molecule has 0 atom stereocenters. The lowest BCUT2D eigenvalue weighted by atomic mass is 9.90. The fraction of sp³-hybridized carbons (Fsp3) is 0.562. The normalized spacial score (nSPS) is 15.1. The molecule has 0 unspecified atom stereocenters. The van der Waals surface area contributed by atoms with E-state index in [1.165, 1.54) is 30.4 Å². The summed E-state index contributed by atoms with van der Waals surface area (Å²) in [7, 11) is 0. The number of nitrogens with one attached hydrogen (secondary N) is 1. The molecule has 1 aliphatic rings. The van der Waals surface area contributed by atoms with Gasteiger partial charge in [-0.05, 0) is 63.0 Å².